The first kappa shape index (κ1) is 23.2. The second kappa shape index (κ2) is 9.69. The molecule has 37 heavy (non-hydrogen) atoms. The van der Waals surface area contributed by atoms with E-state index in [-0.39, 0.29) is 23.6 Å². The van der Waals surface area contributed by atoms with Gasteiger partial charge in [-0.1, -0.05) is 36.4 Å². The molecule has 0 bridgehead atoms. The molecule has 4 aromatic rings. The Kier molecular flexibility index (Phi) is 6.08. The molecule has 3 heterocycles. The highest BCUT2D eigenvalue weighted by Crippen LogP contribution is 2.25. The molecule has 2 aliphatic rings. The Balaban J connectivity index is 1.09. The summed E-state index contributed by atoms with van der Waals surface area (Å²) in [6.45, 7) is 3.10. The minimum atomic E-state index is -0.210. The molecule has 0 radical (unpaired) electrons. The monoisotopic (exact) mass is 495 g/mol. The molecule has 0 spiro atoms. The molecular formula is C29H29N5O3. The molecule has 8 nitrogen and oxygen atoms in total. The van der Waals surface area contributed by atoms with Crippen LogP contribution in [0.2, 0.25) is 0 Å². The van der Waals surface area contributed by atoms with E-state index >= 15 is 0 Å². The maximum atomic E-state index is 13.4. The molecule has 0 saturated carbocycles. The average molecular weight is 496 g/mol. The van der Waals surface area contributed by atoms with Crippen molar-refractivity contribution in [2.24, 2.45) is 5.92 Å². The number of piperazine rings is 1. The molecule has 3 aromatic carbocycles. The number of piperidine rings is 1. The smallest absolute Gasteiger partial charge is 0.254 e. The van der Waals surface area contributed by atoms with Crippen LogP contribution in [0.3, 0.4) is 0 Å². The Morgan fingerprint density at radius 3 is 2.46 bits per heavy atom. The van der Waals surface area contributed by atoms with Crippen molar-refractivity contribution in [3.05, 3.63) is 78.1 Å². The van der Waals surface area contributed by atoms with Gasteiger partial charge in [0.05, 0.1) is 23.3 Å². The summed E-state index contributed by atoms with van der Waals surface area (Å²) in [4.78, 5) is 52.6. The zero-order valence-electron chi connectivity index (χ0n) is 20.6. The van der Waals surface area contributed by atoms with Gasteiger partial charge in [0, 0.05) is 50.4 Å². The minimum absolute atomic E-state index is 0.0149. The van der Waals surface area contributed by atoms with Crippen LogP contribution in [0.4, 0.5) is 0 Å². The number of nitrogens with one attached hydrogen (secondary N) is 1. The van der Waals surface area contributed by atoms with Crippen LogP contribution in [0, 0.1) is 5.92 Å². The Morgan fingerprint density at radius 2 is 1.59 bits per heavy atom. The van der Waals surface area contributed by atoms with Crippen LogP contribution in [0.5, 0.6) is 0 Å². The van der Waals surface area contributed by atoms with Crippen LogP contribution in [-0.4, -0.2) is 81.7 Å². The van der Waals surface area contributed by atoms with E-state index in [0.717, 1.165) is 34.6 Å². The topological polar surface area (TPSA) is 89.6 Å². The standard InChI is InChI=1S/C29H29N5O3/c35-27(21-10-11-25-26(17-21)31-19-30-25)32-13-15-33(16-14-32)28(36)22-7-4-12-34(18-22)29(37)24-9-3-6-20-5-1-2-8-23(20)24/h1-3,5-6,8-11,17,19,22H,4,7,12-16,18H2,(H,30,31). The zero-order chi connectivity index (χ0) is 25.4. The molecule has 2 fully saturated rings. The maximum Gasteiger partial charge on any atom is 0.254 e. The quantitative estimate of drug-likeness (QED) is 0.471. The highest BCUT2D eigenvalue weighted by molar-refractivity contribution is 6.07. The van der Waals surface area contributed by atoms with E-state index in [1.165, 1.54) is 0 Å². The highest BCUT2D eigenvalue weighted by Gasteiger charge is 2.34. The van der Waals surface area contributed by atoms with Crippen LogP contribution < -0.4 is 0 Å². The maximum absolute atomic E-state index is 13.4. The first-order chi connectivity index (χ1) is 18.1. The molecule has 0 aliphatic carbocycles. The number of carbonyl (C=O) groups is 3. The van der Waals surface area contributed by atoms with Gasteiger partial charge < -0.3 is 19.7 Å². The van der Waals surface area contributed by atoms with E-state index in [2.05, 4.69) is 9.97 Å². The molecule has 1 aromatic heterocycles. The second-order valence-corrected chi connectivity index (χ2v) is 9.87. The van der Waals surface area contributed by atoms with Crippen molar-refractivity contribution in [3.8, 4) is 0 Å². The third kappa shape index (κ3) is 4.43. The van der Waals surface area contributed by atoms with Crippen molar-refractivity contribution >= 4 is 39.5 Å². The van der Waals surface area contributed by atoms with Crippen LogP contribution >= 0.6 is 0 Å². The average Bonchev–Trinajstić information content (AvgIpc) is 3.44. The molecular weight excluding hydrogens is 466 g/mol. The van der Waals surface area contributed by atoms with E-state index in [0.29, 0.717) is 50.4 Å². The fourth-order valence-electron chi connectivity index (χ4n) is 5.58. The molecule has 8 heteroatoms. The number of nitrogens with zero attached hydrogens (tertiary/aromatic N) is 4. The van der Waals surface area contributed by atoms with E-state index in [4.69, 9.17) is 0 Å². The fraction of sp³-hybridized carbons (Fsp3) is 0.310. The Hall–Kier alpha value is -4.20. The van der Waals surface area contributed by atoms with Gasteiger partial charge in [0.25, 0.3) is 11.8 Å². The molecule has 2 aliphatic heterocycles. The first-order valence-electron chi connectivity index (χ1n) is 12.9. The Morgan fingerprint density at radius 1 is 0.811 bits per heavy atom. The summed E-state index contributed by atoms with van der Waals surface area (Å²) < 4.78 is 0. The molecule has 1 atom stereocenters. The Labute approximate surface area is 214 Å². The van der Waals surface area contributed by atoms with E-state index in [9.17, 15) is 14.4 Å². The number of aromatic amines is 1. The lowest BCUT2D eigenvalue weighted by molar-refractivity contribution is -0.138. The summed E-state index contributed by atoms with van der Waals surface area (Å²) in [6, 6.07) is 19.2. The number of hydrogen-bond acceptors (Lipinski definition) is 4. The number of likely N-dealkylation sites (tertiary alicyclic amines) is 1. The Bertz CT molecular complexity index is 1480. The van der Waals surface area contributed by atoms with Crippen molar-refractivity contribution in [1.29, 1.82) is 0 Å². The van der Waals surface area contributed by atoms with Crippen LogP contribution in [-0.2, 0) is 4.79 Å². The normalized spacial score (nSPS) is 18.4. The predicted octanol–water partition coefficient (Wildman–Crippen LogP) is 3.55. The number of amides is 3. The largest absolute Gasteiger partial charge is 0.345 e. The van der Waals surface area contributed by atoms with E-state index < -0.39 is 0 Å². The molecule has 6 rings (SSSR count). The van der Waals surface area contributed by atoms with Gasteiger partial charge >= 0.3 is 0 Å². The minimum Gasteiger partial charge on any atom is -0.345 e. The molecule has 3 amide bonds. The van der Waals surface area contributed by atoms with Crippen LogP contribution in [0.1, 0.15) is 33.6 Å². The number of imidazole rings is 1. The number of H-pyrrole nitrogens is 1. The number of benzene rings is 3. The highest BCUT2D eigenvalue weighted by atomic mass is 16.2. The van der Waals surface area contributed by atoms with Gasteiger partial charge in [-0.25, -0.2) is 4.98 Å². The van der Waals surface area contributed by atoms with Crippen molar-refractivity contribution in [2.45, 2.75) is 12.8 Å². The van der Waals surface area contributed by atoms with Gasteiger partial charge in [0.1, 0.15) is 0 Å². The number of carbonyl (C=O) groups excluding carboxylic acids is 3. The van der Waals surface area contributed by atoms with Gasteiger partial charge in [0.15, 0.2) is 0 Å². The molecule has 1 N–H and O–H groups in total. The zero-order valence-corrected chi connectivity index (χ0v) is 20.6. The van der Waals surface area contributed by atoms with Crippen molar-refractivity contribution < 1.29 is 14.4 Å². The summed E-state index contributed by atoms with van der Waals surface area (Å²) in [6.07, 6.45) is 3.20. The van der Waals surface area contributed by atoms with Crippen molar-refractivity contribution in [1.82, 2.24) is 24.7 Å². The SMILES string of the molecule is O=C(c1ccc2nc[nH]c2c1)N1CCN(C(=O)C2CCCN(C(=O)c3cccc4ccccc34)C2)CC1. The third-order valence-corrected chi connectivity index (χ3v) is 7.62. The third-order valence-electron chi connectivity index (χ3n) is 7.62. The molecule has 1 unspecified atom stereocenters. The van der Waals surface area contributed by atoms with Crippen molar-refractivity contribution in [3.63, 3.8) is 0 Å². The number of fused-ring (bicyclic) bond motifs is 2. The van der Waals surface area contributed by atoms with Gasteiger partial charge in [-0.2, -0.15) is 0 Å². The van der Waals surface area contributed by atoms with Gasteiger partial charge in [0.2, 0.25) is 5.91 Å². The van der Waals surface area contributed by atoms with Crippen molar-refractivity contribution in [2.75, 3.05) is 39.3 Å². The van der Waals surface area contributed by atoms with Crippen LogP contribution in [0.25, 0.3) is 21.8 Å². The van der Waals surface area contributed by atoms with Gasteiger partial charge in [-0.15, -0.1) is 0 Å². The lowest BCUT2D eigenvalue weighted by Gasteiger charge is -2.39. The predicted molar refractivity (Wildman–Crippen MR) is 141 cm³/mol. The molecule has 188 valence electrons. The fourth-order valence-corrected chi connectivity index (χ4v) is 5.58. The van der Waals surface area contributed by atoms with Gasteiger partial charge in [-0.3, -0.25) is 14.4 Å². The van der Waals surface area contributed by atoms with E-state index in [1.807, 2.05) is 64.4 Å². The molecule has 2 saturated heterocycles. The first-order valence-corrected chi connectivity index (χ1v) is 12.9. The summed E-state index contributed by atoms with van der Waals surface area (Å²) in [5.41, 5.74) is 2.96. The summed E-state index contributed by atoms with van der Waals surface area (Å²) in [5, 5.41) is 1.98. The van der Waals surface area contributed by atoms with E-state index in [1.54, 1.807) is 17.3 Å². The summed E-state index contributed by atoms with van der Waals surface area (Å²) in [7, 11) is 0. The lowest BCUT2D eigenvalue weighted by Crippen LogP contribution is -2.54. The number of hydrogen-bond donors (Lipinski definition) is 1. The summed E-state index contributed by atoms with van der Waals surface area (Å²) >= 11 is 0. The second-order valence-electron chi connectivity index (χ2n) is 9.87. The number of aromatic nitrogens is 2. The summed E-state index contributed by atoms with van der Waals surface area (Å²) in [5.74, 6) is -0.175. The lowest BCUT2D eigenvalue weighted by atomic mass is 9.95. The number of rotatable bonds is 3. The van der Waals surface area contributed by atoms with Crippen LogP contribution in [0.15, 0.2) is 67.0 Å². The van der Waals surface area contributed by atoms with Gasteiger partial charge in [-0.05, 0) is 47.9 Å².